The van der Waals surface area contributed by atoms with Crippen molar-refractivity contribution in [1.29, 1.82) is 0 Å². The summed E-state index contributed by atoms with van der Waals surface area (Å²) in [7, 11) is 0. The summed E-state index contributed by atoms with van der Waals surface area (Å²) in [5.41, 5.74) is 6.67. The average molecular weight is 208 g/mol. The van der Waals surface area contributed by atoms with E-state index in [1.807, 2.05) is 0 Å². The minimum absolute atomic E-state index is 0.0589. The molecule has 0 bridgehead atoms. The number of aryl methyl sites for hydroxylation is 2. The molecule has 0 atom stereocenters. The van der Waals surface area contributed by atoms with Gasteiger partial charge < -0.3 is 5.73 Å². The van der Waals surface area contributed by atoms with Crippen molar-refractivity contribution in [2.45, 2.75) is 13.8 Å². The number of nitro benzene ring substituents is 1. The number of nitro groups is 1. The number of ketones is 1. The van der Waals surface area contributed by atoms with Crippen LogP contribution in [0.4, 0.5) is 5.69 Å². The lowest BCUT2D eigenvalue weighted by molar-refractivity contribution is -0.386. The molecule has 1 aromatic rings. The number of hydrogen-bond donors (Lipinski definition) is 1. The molecule has 0 aliphatic carbocycles. The molecule has 0 amide bonds. The Balaban J connectivity index is 3.31. The monoisotopic (exact) mass is 208 g/mol. The zero-order valence-electron chi connectivity index (χ0n) is 8.61. The summed E-state index contributed by atoms with van der Waals surface area (Å²) < 4.78 is 0. The summed E-state index contributed by atoms with van der Waals surface area (Å²) in [5, 5.41) is 10.7. The highest BCUT2D eigenvalue weighted by molar-refractivity contribution is 5.98. The van der Waals surface area contributed by atoms with Crippen LogP contribution in [0.3, 0.4) is 0 Å². The molecule has 0 radical (unpaired) electrons. The SMILES string of the molecule is Cc1cc(C(=O)CN)cc(C)c1[N+](=O)[O-]. The number of carbonyl (C=O) groups excluding carboxylic acids is 1. The first-order chi connectivity index (χ1) is 6.97. The van der Waals surface area contributed by atoms with E-state index in [-0.39, 0.29) is 18.0 Å². The van der Waals surface area contributed by atoms with Crippen molar-refractivity contribution in [2.24, 2.45) is 5.73 Å². The van der Waals surface area contributed by atoms with E-state index < -0.39 is 4.92 Å². The van der Waals surface area contributed by atoms with Crippen LogP contribution in [0.5, 0.6) is 0 Å². The summed E-state index contributed by atoms with van der Waals surface area (Å²) in [6, 6.07) is 3.00. The molecule has 2 N–H and O–H groups in total. The van der Waals surface area contributed by atoms with E-state index >= 15 is 0 Å². The fourth-order valence-corrected chi connectivity index (χ4v) is 1.52. The van der Waals surface area contributed by atoms with Gasteiger partial charge in [0.1, 0.15) is 0 Å². The van der Waals surface area contributed by atoms with E-state index in [2.05, 4.69) is 0 Å². The van der Waals surface area contributed by atoms with Gasteiger partial charge in [0, 0.05) is 16.7 Å². The van der Waals surface area contributed by atoms with Gasteiger partial charge in [0.05, 0.1) is 11.5 Å². The number of nitrogens with two attached hydrogens (primary N) is 1. The van der Waals surface area contributed by atoms with Crippen molar-refractivity contribution in [3.8, 4) is 0 Å². The minimum atomic E-state index is -0.443. The van der Waals surface area contributed by atoms with Crippen LogP contribution in [0, 0.1) is 24.0 Å². The van der Waals surface area contributed by atoms with Gasteiger partial charge in [-0.1, -0.05) is 0 Å². The molecule has 15 heavy (non-hydrogen) atoms. The van der Waals surface area contributed by atoms with Gasteiger partial charge in [0.25, 0.3) is 5.69 Å². The average Bonchev–Trinajstić information content (AvgIpc) is 2.14. The normalized spacial score (nSPS) is 10.1. The molecule has 0 aromatic heterocycles. The fourth-order valence-electron chi connectivity index (χ4n) is 1.52. The summed E-state index contributed by atoms with van der Waals surface area (Å²) in [6.45, 7) is 3.13. The van der Waals surface area contributed by atoms with Crippen molar-refractivity contribution in [2.75, 3.05) is 6.54 Å². The number of carbonyl (C=O) groups is 1. The number of hydrogen-bond acceptors (Lipinski definition) is 4. The molecule has 0 saturated heterocycles. The first-order valence-electron chi connectivity index (χ1n) is 4.46. The molecule has 0 aliphatic heterocycles. The molecule has 0 spiro atoms. The summed E-state index contributed by atoms with van der Waals surface area (Å²) in [4.78, 5) is 21.6. The van der Waals surface area contributed by atoms with Crippen LogP contribution in [0.1, 0.15) is 21.5 Å². The Labute approximate surface area is 87.0 Å². The van der Waals surface area contributed by atoms with Crippen LogP contribution in [0.25, 0.3) is 0 Å². The molecule has 0 heterocycles. The van der Waals surface area contributed by atoms with Crippen LogP contribution >= 0.6 is 0 Å². The molecule has 0 unspecified atom stereocenters. The molecule has 1 aromatic carbocycles. The molecule has 0 fully saturated rings. The highest BCUT2D eigenvalue weighted by Crippen LogP contribution is 2.24. The molecule has 5 nitrogen and oxygen atoms in total. The van der Waals surface area contributed by atoms with Crippen LogP contribution in [0.2, 0.25) is 0 Å². The fraction of sp³-hybridized carbons (Fsp3) is 0.300. The van der Waals surface area contributed by atoms with E-state index in [0.29, 0.717) is 16.7 Å². The smallest absolute Gasteiger partial charge is 0.275 e. The zero-order chi connectivity index (χ0) is 11.6. The Morgan fingerprint density at radius 2 is 1.87 bits per heavy atom. The molecule has 1 rings (SSSR count). The van der Waals surface area contributed by atoms with Gasteiger partial charge in [-0.3, -0.25) is 14.9 Å². The minimum Gasteiger partial charge on any atom is -0.324 e. The van der Waals surface area contributed by atoms with E-state index in [9.17, 15) is 14.9 Å². The number of benzene rings is 1. The maximum absolute atomic E-state index is 11.3. The third kappa shape index (κ3) is 2.19. The van der Waals surface area contributed by atoms with Crippen LogP contribution in [0.15, 0.2) is 12.1 Å². The standard InChI is InChI=1S/C10H12N2O3/c1-6-3-8(9(13)5-11)4-7(2)10(6)12(14)15/h3-4H,5,11H2,1-2H3. The second-order valence-corrected chi connectivity index (χ2v) is 3.34. The quantitative estimate of drug-likeness (QED) is 0.461. The topological polar surface area (TPSA) is 86.2 Å². The van der Waals surface area contributed by atoms with Crippen molar-refractivity contribution >= 4 is 11.5 Å². The van der Waals surface area contributed by atoms with E-state index in [4.69, 9.17) is 5.73 Å². The highest BCUT2D eigenvalue weighted by Gasteiger charge is 2.17. The lowest BCUT2D eigenvalue weighted by atomic mass is 10.0. The van der Waals surface area contributed by atoms with Crippen molar-refractivity contribution in [3.05, 3.63) is 38.9 Å². The lowest BCUT2D eigenvalue weighted by Gasteiger charge is -2.04. The third-order valence-electron chi connectivity index (χ3n) is 2.18. The lowest BCUT2D eigenvalue weighted by Crippen LogP contribution is -2.14. The summed E-state index contributed by atoms with van der Waals surface area (Å²) in [6.07, 6.45) is 0. The van der Waals surface area contributed by atoms with Gasteiger partial charge in [-0.25, -0.2) is 0 Å². The summed E-state index contributed by atoms with van der Waals surface area (Å²) >= 11 is 0. The predicted octanol–water partition coefficient (Wildman–Crippen LogP) is 1.35. The Bertz CT molecular complexity index is 404. The predicted molar refractivity (Wildman–Crippen MR) is 56.0 cm³/mol. The highest BCUT2D eigenvalue weighted by atomic mass is 16.6. The van der Waals surface area contributed by atoms with Crippen molar-refractivity contribution in [1.82, 2.24) is 0 Å². The number of nitrogens with zero attached hydrogens (tertiary/aromatic N) is 1. The maximum Gasteiger partial charge on any atom is 0.275 e. The van der Waals surface area contributed by atoms with Crippen LogP contribution < -0.4 is 5.73 Å². The molecule has 0 aliphatic rings. The van der Waals surface area contributed by atoms with Gasteiger partial charge in [0.15, 0.2) is 5.78 Å². The van der Waals surface area contributed by atoms with Gasteiger partial charge in [-0.2, -0.15) is 0 Å². The molecular weight excluding hydrogens is 196 g/mol. The van der Waals surface area contributed by atoms with E-state index in [1.165, 1.54) is 12.1 Å². The Hall–Kier alpha value is -1.75. The maximum atomic E-state index is 11.3. The van der Waals surface area contributed by atoms with Gasteiger partial charge in [-0.05, 0) is 26.0 Å². The van der Waals surface area contributed by atoms with E-state index in [0.717, 1.165) is 0 Å². The largest absolute Gasteiger partial charge is 0.324 e. The molecule has 0 saturated carbocycles. The first-order valence-corrected chi connectivity index (χ1v) is 4.46. The summed E-state index contributed by atoms with van der Waals surface area (Å²) in [5.74, 6) is -0.212. The molecule has 80 valence electrons. The second kappa shape index (κ2) is 4.18. The van der Waals surface area contributed by atoms with Crippen molar-refractivity contribution < 1.29 is 9.72 Å². The first kappa shape index (κ1) is 11.3. The van der Waals surface area contributed by atoms with Gasteiger partial charge in [0.2, 0.25) is 0 Å². The van der Waals surface area contributed by atoms with Crippen LogP contribution in [-0.4, -0.2) is 17.3 Å². The third-order valence-corrected chi connectivity index (χ3v) is 2.18. The molecule has 5 heteroatoms. The Morgan fingerprint density at radius 3 is 2.20 bits per heavy atom. The van der Waals surface area contributed by atoms with Gasteiger partial charge in [-0.15, -0.1) is 0 Å². The van der Waals surface area contributed by atoms with Gasteiger partial charge >= 0.3 is 0 Å². The molecular formula is C10H12N2O3. The van der Waals surface area contributed by atoms with Crippen LogP contribution in [-0.2, 0) is 0 Å². The Kier molecular flexibility index (Phi) is 3.16. The van der Waals surface area contributed by atoms with E-state index in [1.54, 1.807) is 13.8 Å². The second-order valence-electron chi connectivity index (χ2n) is 3.34. The number of Topliss-reactive ketones (excluding diaryl/α,β-unsaturated/α-hetero) is 1. The number of rotatable bonds is 3. The van der Waals surface area contributed by atoms with Crippen molar-refractivity contribution in [3.63, 3.8) is 0 Å². The zero-order valence-corrected chi connectivity index (χ0v) is 8.61. The Morgan fingerprint density at radius 1 is 1.40 bits per heavy atom.